The SMILES string of the molecule is CCCC(Oc1ccc(C(F)(F)F)cc1)c1cccc(C)c1. The maximum atomic E-state index is 12.6. The molecule has 1 nitrogen and oxygen atoms in total. The van der Waals surface area contributed by atoms with Gasteiger partial charge in [-0.05, 0) is 43.2 Å². The van der Waals surface area contributed by atoms with Crippen LogP contribution < -0.4 is 4.74 Å². The van der Waals surface area contributed by atoms with Crippen LogP contribution in [-0.2, 0) is 6.18 Å². The van der Waals surface area contributed by atoms with Gasteiger partial charge >= 0.3 is 6.18 Å². The van der Waals surface area contributed by atoms with Crippen LogP contribution in [0.5, 0.6) is 5.75 Å². The van der Waals surface area contributed by atoms with Gasteiger partial charge < -0.3 is 4.74 Å². The lowest BCUT2D eigenvalue weighted by molar-refractivity contribution is -0.137. The second kappa shape index (κ2) is 6.86. The largest absolute Gasteiger partial charge is 0.486 e. The maximum Gasteiger partial charge on any atom is 0.416 e. The van der Waals surface area contributed by atoms with Crippen molar-refractivity contribution in [1.29, 1.82) is 0 Å². The average Bonchev–Trinajstić information content (AvgIpc) is 2.46. The molecule has 2 aromatic rings. The number of hydrogen-bond donors (Lipinski definition) is 0. The van der Waals surface area contributed by atoms with Gasteiger partial charge in [0, 0.05) is 0 Å². The predicted molar refractivity (Wildman–Crippen MR) is 80.9 cm³/mol. The predicted octanol–water partition coefficient (Wildman–Crippen LogP) is 5.93. The van der Waals surface area contributed by atoms with Crippen LogP contribution in [0.4, 0.5) is 13.2 Å². The number of alkyl halides is 3. The molecule has 2 aromatic carbocycles. The zero-order chi connectivity index (χ0) is 16.2. The Hall–Kier alpha value is -1.97. The van der Waals surface area contributed by atoms with Gasteiger partial charge in [0.2, 0.25) is 0 Å². The van der Waals surface area contributed by atoms with Gasteiger partial charge in [0.15, 0.2) is 0 Å². The molecular weight excluding hydrogens is 289 g/mol. The van der Waals surface area contributed by atoms with Gasteiger partial charge in [-0.2, -0.15) is 13.2 Å². The van der Waals surface area contributed by atoms with Gasteiger partial charge in [0.1, 0.15) is 11.9 Å². The van der Waals surface area contributed by atoms with Crippen molar-refractivity contribution in [3.05, 3.63) is 65.2 Å². The van der Waals surface area contributed by atoms with Crippen molar-refractivity contribution in [3.8, 4) is 5.75 Å². The molecule has 0 fully saturated rings. The first-order valence-electron chi connectivity index (χ1n) is 7.30. The summed E-state index contributed by atoms with van der Waals surface area (Å²) in [6.07, 6.45) is -2.73. The fourth-order valence-corrected chi connectivity index (χ4v) is 2.31. The highest BCUT2D eigenvalue weighted by Gasteiger charge is 2.30. The van der Waals surface area contributed by atoms with Crippen molar-refractivity contribution in [1.82, 2.24) is 0 Å². The normalized spacial score (nSPS) is 13.0. The fourth-order valence-electron chi connectivity index (χ4n) is 2.31. The number of aryl methyl sites for hydroxylation is 1. The van der Waals surface area contributed by atoms with E-state index in [0.717, 1.165) is 36.1 Å². The molecule has 0 heterocycles. The first-order chi connectivity index (χ1) is 10.4. The third-order valence-corrected chi connectivity index (χ3v) is 3.42. The number of hydrogen-bond acceptors (Lipinski definition) is 1. The van der Waals surface area contributed by atoms with Crippen LogP contribution in [0, 0.1) is 6.92 Å². The summed E-state index contributed by atoms with van der Waals surface area (Å²) in [5.74, 6) is 0.452. The molecule has 0 radical (unpaired) electrons. The van der Waals surface area contributed by atoms with Crippen molar-refractivity contribution < 1.29 is 17.9 Å². The first-order valence-corrected chi connectivity index (χ1v) is 7.30. The van der Waals surface area contributed by atoms with Crippen molar-refractivity contribution in [2.24, 2.45) is 0 Å². The zero-order valence-electron chi connectivity index (χ0n) is 12.7. The maximum absolute atomic E-state index is 12.6. The first kappa shape index (κ1) is 16.4. The Morgan fingerprint density at radius 1 is 1.05 bits per heavy atom. The van der Waals surface area contributed by atoms with E-state index in [1.54, 1.807) is 0 Å². The van der Waals surface area contributed by atoms with Gasteiger partial charge in [0.05, 0.1) is 5.56 Å². The monoisotopic (exact) mass is 308 g/mol. The van der Waals surface area contributed by atoms with E-state index in [0.29, 0.717) is 5.75 Å². The van der Waals surface area contributed by atoms with Crippen LogP contribution in [0.1, 0.15) is 42.6 Å². The van der Waals surface area contributed by atoms with Crippen LogP contribution in [0.3, 0.4) is 0 Å². The Labute approximate surface area is 128 Å². The molecule has 1 atom stereocenters. The lowest BCUT2D eigenvalue weighted by atomic mass is 10.0. The minimum Gasteiger partial charge on any atom is -0.486 e. The van der Waals surface area contributed by atoms with Gasteiger partial charge in [-0.1, -0.05) is 43.2 Å². The van der Waals surface area contributed by atoms with E-state index >= 15 is 0 Å². The highest BCUT2D eigenvalue weighted by molar-refractivity contribution is 5.31. The van der Waals surface area contributed by atoms with E-state index < -0.39 is 11.7 Å². The Morgan fingerprint density at radius 2 is 1.73 bits per heavy atom. The molecule has 0 spiro atoms. The highest BCUT2D eigenvalue weighted by Crippen LogP contribution is 2.32. The molecule has 0 aliphatic rings. The van der Waals surface area contributed by atoms with Crippen molar-refractivity contribution in [3.63, 3.8) is 0 Å². The van der Waals surface area contributed by atoms with E-state index in [9.17, 15) is 13.2 Å². The summed E-state index contributed by atoms with van der Waals surface area (Å²) in [6.45, 7) is 4.06. The van der Waals surface area contributed by atoms with E-state index in [-0.39, 0.29) is 6.10 Å². The fraction of sp³-hybridized carbons (Fsp3) is 0.333. The quantitative estimate of drug-likeness (QED) is 0.664. The molecule has 0 saturated carbocycles. The summed E-state index contributed by atoms with van der Waals surface area (Å²) in [5, 5.41) is 0. The summed E-state index contributed by atoms with van der Waals surface area (Å²) in [6, 6.07) is 12.8. The number of benzene rings is 2. The molecule has 118 valence electrons. The molecule has 2 rings (SSSR count). The van der Waals surface area contributed by atoms with E-state index in [4.69, 9.17) is 4.74 Å². The molecule has 0 aromatic heterocycles. The molecule has 0 N–H and O–H groups in total. The molecule has 0 amide bonds. The minimum absolute atomic E-state index is 0.151. The molecule has 22 heavy (non-hydrogen) atoms. The van der Waals surface area contributed by atoms with Crippen LogP contribution in [0.2, 0.25) is 0 Å². The van der Waals surface area contributed by atoms with Crippen LogP contribution in [0.25, 0.3) is 0 Å². The van der Waals surface area contributed by atoms with Crippen LogP contribution >= 0.6 is 0 Å². The minimum atomic E-state index is -4.32. The average molecular weight is 308 g/mol. The molecule has 0 aliphatic carbocycles. The Bertz CT molecular complexity index is 602. The lowest BCUT2D eigenvalue weighted by Crippen LogP contribution is -2.08. The Morgan fingerprint density at radius 3 is 2.27 bits per heavy atom. The third kappa shape index (κ3) is 4.26. The summed E-state index contributed by atoms with van der Waals surface area (Å²) in [7, 11) is 0. The van der Waals surface area contributed by atoms with Crippen molar-refractivity contribution >= 4 is 0 Å². The number of rotatable bonds is 5. The standard InChI is InChI=1S/C18H19F3O/c1-3-5-17(14-7-4-6-13(2)12-14)22-16-10-8-15(9-11-16)18(19,20)21/h4,6-12,17H,3,5H2,1-2H3. The lowest BCUT2D eigenvalue weighted by Gasteiger charge is -2.20. The van der Waals surface area contributed by atoms with E-state index in [2.05, 4.69) is 6.92 Å². The molecule has 0 saturated heterocycles. The second-order valence-corrected chi connectivity index (χ2v) is 5.33. The Kier molecular flexibility index (Phi) is 5.11. The van der Waals surface area contributed by atoms with Gasteiger partial charge in [-0.3, -0.25) is 0 Å². The van der Waals surface area contributed by atoms with Crippen molar-refractivity contribution in [2.45, 2.75) is 39.0 Å². The van der Waals surface area contributed by atoms with Gasteiger partial charge in [-0.25, -0.2) is 0 Å². The third-order valence-electron chi connectivity index (χ3n) is 3.42. The summed E-state index contributed by atoms with van der Waals surface area (Å²) < 4.78 is 43.6. The summed E-state index contributed by atoms with van der Waals surface area (Å²) in [5.41, 5.74) is 1.51. The molecule has 4 heteroatoms. The Balaban J connectivity index is 2.18. The topological polar surface area (TPSA) is 9.23 Å². The number of ether oxygens (including phenoxy) is 1. The molecule has 1 unspecified atom stereocenters. The molecule has 0 bridgehead atoms. The van der Waals surface area contributed by atoms with Crippen LogP contribution in [-0.4, -0.2) is 0 Å². The van der Waals surface area contributed by atoms with E-state index in [1.165, 1.54) is 12.1 Å². The van der Waals surface area contributed by atoms with Crippen LogP contribution in [0.15, 0.2) is 48.5 Å². The van der Waals surface area contributed by atoms with Crippen molar-refractivity contribution in [2.75, 3.05) is 0 Å². The summed E-state index contributed by atoms with van der Waals surface area (Å²) in [4.78, 5) is 0. The molecule has 0 aliphatic heterocycles. The highest BCUT2D eigenvalue weighted by atomic mass is 19.4. The number of halogens is 3. The molecular formula is C18H19F3O. The summed E-state index contributed by atoms with van der Waals surface area (Å²) >= 11 is 0. The second-order valence-electron chi connectivity index (χ2n) is 5.33. The zero-order valence-corrected chi connectivity index (χ0v) is 12.7. The van der Waals surface area contributed by atoms with E-state index in [1.807, 2.05) is 31.2 Å². The van der Waals surface area contributed by atoms with Gasteiger partial charge in [0.25, 0.3) is 0 Å². The smallest absolute Gasteiger partial charge is 0.416 e. The van der Waals surface area contributed by atoms with Gasteiger partial charge in [-0.15, -0.1) is 0 Å².